The number of rotatable bonds is 12. The van der Waals surface area contributed by atoms with Crippen LogP contribution in [0, 0.1) is 34.5 Å². The Morgan fingerprint density at radius 1 is 0.889 bits per heavy atom. The zero-order valence-electron chi connectivity index (χ0n) is 32.5. The number of aldehydes is 2. The molecule has 2 saturated heterocycles. The zero-order chi connectivity index (χ0) is 38.6. The van der Waals surface area contributed by atoms with Gasteiger partial charge in [-0.3, -0.25) is 0 Å². The fourth-order valence-electron chi connectivity index (χ4n) is 12.2. The van der Waals surface area contributed by atoms with Crippen molar-refractivity contribution in [2.45, 2.75) is 185 Å². The van der Waals surface area contributed by atoms with Crippen molar-refractivity contribution >= 4 is 18.5 Å². The van der Waals surface area contributed by atoms with Crippen LogP contribution in [0.15, 0.2) is 11.6 Å². The molecule has 54 heavy (non-hydrogen) atoms. The molecule has 6 fully saturated rings. The molecule has 7 aliphatic rings. The summed E-state index contributed by atoms with van der Waals surface area (Å²) in [4.78, 5) is 34.1. The van der Waals surface area contributed by atoms with Gasteiger partial charge in [0.25, 0.3) is 0 Å². The molecule has 4 aliphatic carbocycles. The number of fused-ring (bicyclic) bond motifs is 5. The first-order chi connectivity index (χ1) is 25.7. The lowest BCUT2D eigenvalue weighted by molar-refractivity contribution is -0.328. The van der Waals surface area contributed by atoms with E-state index in [0.717, 1.165) is 63.4 Å². The Hall–Kier alpha value is -1.81. The van der Waals surface area contributed by atoms with Gasteiger partial charge >= 0.3 is 5.97 Å². The molecule has 13 nitrogen and oxygen atoms in total. The lowest BCUT2D eigenvalue weighted by Crippen LogP contribution is -2.62. The highest BCUT2D eigenvalue weighted by atomic mass is 16.7. The summed E-state index contributed by atoms with van der Waals surface area (Å²) < 4.78 is 41.7. The topological polar surface area (TPSA) is 177 Å². The van der Waals surface area contributed by atoms with Crippen LogP contribution in [-0.4, -0.2) is 114 Å². The first kappa shape index (κ1) is 40.4. The van der Waals surface area contributed by atoms with Crippen LogP contribution in [0.25, 0.3) is 0 Å². The molecule has 3 aliphatic heterocycles. The van der Waals surface area contributed by atoms with Crippen molar-refractivity contribution in [3.05, 3.63) is 11.6 Å². The molecule has 0 aromatic carbocycles. The van der Waals surface area contributed by atoms with Gasteiger partial charge in [-0.1, -0.05) is 13.8 Å². The van der Waals surface area contributed by atoms with Crippen LogP contribution >= 0.6 is 0 Å². The third-order valence-corrected chi connectivity index (χ3v) is 15.0. The van der Waals surface area contributed by atoms with Gasteiger partial charge in [0.15, 0.2) is 18.9 Å². The van der Waals surface area contributed by atoms with Crippen LogP contribution < -0.4 is 0 Å². The molecule has 0 unspecified atom stereocenters. The van der Waals surface area contributed by atoms with E-state index in [4.69, 9.17) is 33.2 Å². The monoisotopic (exact) mass is 762 g/mol. The second-order valence-electron chi connectivity index (χ2n) is 18.0. The van der Waals surface area contributed by atoms with Crippen molar-refractivity contribution in [2.75, 3.05) is 6.61 Å². The van der Waals surface area contributed by atoms with Crippen molar-refractivity contribution in [1.29, 1.82) is 0 Å². The SMILES string of the molecule is C[C@H](C=O)O[C@@H](CC=O)O[C@H]1[C@@H](O)C[C@H](O[C@H]2[C@@H](O)C[C@H](O[C@H]3CC[C@@]4(C)[C@@H](CC[C@@H]5[C@@H]4CC[C@]4(C)[C@@H](C6=CC(=O)OC6)CC[C@]54O)C3)O[C@@H]2C)O[C@@H]1C. The summed E-state index contributed by atoms with van der Waals surface area (Å²) in [7, 11) is 0. The maximum Gasteiger partial charge on any atom is 0.331 e. The predicted octanol–water partition coefficient (Wildman–Crippen LogP) is 3.91. The number of carbonyl (C=O) groups is 3. The summed E-state index contributed by atoms with van der Waals surface area (Å²) in [6, 6.07) is 0. The maximum absolute atomic E-state index is 12.6. The molecule has 0 spiro atoms. The number of esters is 1. The maximum atomic E-state index is 12.6. The lowest BCUT2D eigenvalue weighted by atomic mass is 9.43. The Balaban J connectivity index is 0.905. The van der Waals surface area contributed by atoms with E-state index < -0.39 is 67.2 Å². The van der Waals surface area contributed by atoms with Gasteiger partial charge in [-0.15, -0.1) is 0 Å². The molecule has 0 bridgehead atoms. The van der Waals surface area contributed by atoms with Crippen molar-refractivity contribution in [3.63, 3.8) is 0 Å². The first-order valence-corrected chi connectivity index (χ1v) is 20.5. The summed E-state index contributed by atoms with van der Waals surface area (Å²) in [6.45, 7) is 10.2. The molecule has 0 radical (unpaired) electrons. The largest absolute Gasteiger partial charge is 0.458 e. The minimum atomic E-state index is -1.01. The first-order valence-electron chi connectivity index (χ1n) is 20.5. The van der Waals surface area contributed by atoms with E-state index in [1.807, 2.05) is 6.92 Å². The molecule has 3 heterocycles. The highest BCUT2D eigenvalue weighted by molar-refractivity contribution is 5.85. The smallest absolute Gasteiger partial charge is 0.331 e. The van der Waals surface area contributed by atoms with E-state index in [2.05, 4.69) is 13.8 Å². The fourth-order valence-corrected chi connectivity index (χ4v) is 12.2. The molecule has 0 amide bonds. The van der Waals surface area contributed by atoms with Gasteiger partial charge in [0.05, 0.1) is 42.5 Å². The molecule has 4 saturated carbocycles. The standard InChI is InChI=1S/C41H62O13/c1-22(20-43)49-34(11-15-42)53-37-23(2)51-36(19-32(37)45)54-38-24(3)50-35(18-31(38)44)52-27-8-12-39(4)26(17-27)6-7-30-29(39)9-13-40(5)28(10-14-41(30,40)47)25-16-33(46)48-21-25/h15-16,20,22-24,26-32,34-38,44-45,47H,6-14,17-19,21H2,1-5H3/t22-,23-,24-,26+,27+,28-,29+,30-,31+,32+,34-,35+,36+,37-,38-,39+,40-,41+/m1/s1. The van der Waals surface area contributed by atoms with Crippen LogP contribution in [0.1, 0.15) is 112 Å². The lowest BCUT2D eigenvalue weighted by Gasteiger charge is -2.64. The van der Waals surface area contributed by atoms with Gasteiger partial charge in [0, 0.05) is 24.3 Å². The predicted molar refractivity (Wildman–Crippen MR) is 191 cm³/mol. The van der Waals surface area contributed by atoms with E-state index >= 15 is 0 Å². The number of carbonyl (C=O) groups excluding carboxylic acids is 3. The number of hydrogen-bond donors (Lipinski definition) is 3. The molecule has 0 aromatic rings. The van der Waals surface area contributed by atoms with E-state index in [-0.39, 0.29) is 54.0 Å². The highest BCUT2D eigenvalue weighted by Crippen LogP contribution is 2.70. The molecule has 0 aromatic heterocycles. The van der Waals surface area contributed by atoms with Crippen molar-refractivity contribution in [2.24, 2.45) is 34.5 Å². The number of aliphatic hydroxyl groups excluding tert-OH is 2. The number of ether oxygens (including phenoxy) is 7. The summed E-state index contributed by atoms with van der Waals surface area (Å²) in [5, 5.41) is 34.8. The quantitative estimate of drug-likeness (QED) is 0.113. The van der Waals surface area contributed by atoms with Crippen LogP contribution in [0.5, 0.6) is 0 Å². The van der Waals surface area contributed by atoms with Crippen LogP contribution in [-0.2, 0) is 47.5 Å². The fraction of sp³-hybridized carbons (Fsp3) is 0.878. The molecular formula is C41H62O13. The molecule has 7 rings (SSSR count). The van der Waals surface area contributed by atoms with Gasteiger partial charge in [-0.05, 0) is 113 Å². The van der Waals surface area contributed by atoms with Crippen LogP contribution in [0.3, 0.4) is 0 Å². The van der Waals surface area contributed by atoms with Gasteiger partial charge in [-0.2, -0.15) is 0 Å². The Kier molecular flexibility index (Phi) is 11.9. The average Bonchev–Trinajstić information content (AvgIpc) is 3.67. The van der Waals surface area contributed by atoms with Gasteiger partial charge < -0.3 is 58.1 Å². The van der Waals surface area contributed by atoms with E-state index in [1.165, 1.54) is 0 Å². The third-order valence-electron chi connectivity index (χ3n) is 15.0. The molecular weight excluding hydrogens is 700 g/mol. The summed E-state index contributed by atoms with van der Waals surface area (Å²) in [5.41, 5.74) is 0.188. The Bertz CT molecular complexity index is 1380. The van der Waals surface area contributed by atoms with Crippen molar-refractivity contribution in [3.8, 4) is 0 Å². The Morgan fingerprint density at radius 2 is 1.59 bits per heavy atom. The Labute approximate surface area is 318 Å². The number of hydrogen-bond acceptors (Lipinski definition) is 13. The molecule has 13 heteroatoms. The van der Waals surface area contributed by atoms with E-state index in [1.54, 1.807) is 19.9 Å². The molecule has 304 valence electrons. The third kappa shape index (κ3) is 7.39. The minimum absolute atomic E-state index is 0.0114. The van der Waals surface area contributed by atoms with Gasteiger partial charge in [0.1, 0.15) is 37.5 Å². The van der Waals surface area contributed by atoms with E-state index in [9.17, 15) is 29.7 Å². The molecule has 3 N–H and O–H groups in total. The van der Waals surface area contributed by atoms with Crippen LogP contribution in [0.4, 0.5) is 0 Å². The van der Waals surface area contributed by atoms with Gasteiger partial charge in [-0.25, -0.2) is 4.79 Å². The average molecular weight is 763 g/mol. The summed E-state index contributed by atoms with van der Waals surface area (Å²) in [6.07, 6.45) is 4.02. The van der Waals surface area contributed by atoms with Crippen LogP contribution in [0.2, 0.25) is 0 Å². The Morgan fingerprint density at radius 3 is 2.24 bits per heavy atom. The van der Waals surface area contributed by atoms with Crippen molar-refractivity contribution < 1.29 is 62.9 Å². The second kappa shape index (κ2) is 15.9. The number of aliphatic hydroxyl groups is 3. The minimum Gasteiger partial charge on any atom is -0.458 e. The van der Waals surface area contributed by atoms with Crippen molar-refractivity contribution in [1.82, 2.24) is 0 Å². The highest BCUT2D eigenvalue weighted by Gasteiger charge is 2.67. The van der Waals surface area contributed by atoms with Gasteiger partial charge in [0.2, 0.25) is 0 Å². The summed E-state index contributed by atoms with van der Waals surface area (Å²) >= 11 is 0. The second-order valence-corrected chi connectivity index (χ2v) is 18.0. The number of cyclic esters (lactones) is 1. The summed E-state index contributed by atoms with van der Waals surface area (Å²) in [5.74, 6) is 1.10. The normalized spacial score (nSPS) is 48.8. The van der Waals surface area contributed by atoms with E-state index in [0.29, 0.717) is 31.0 Å². The zero-order valence-corrected chi connectivity index (χ0v) is 32.5. The molecule has 18 atom stereocenters.